The summed E-state index contributed by atoms with van der Waals surface area (Å²) in [6.45, 7) is 1.21. The van der Waals surface area contributed by atoms with E-state index in [0.29, 0.717) is 18.1 Å². The monoisotopic (exact) mass is 384 g/mol. The fourth-order valence-electron chi connectivity index (χ4n) is 4.04. The van der Waals surface area contributed by atoms with Gasteiger partial charge in [-0.15, -0.1) is 10.2 Å². The quantitative estimate of drug-likeness (QED) is 0.880. The zero-order chi connectivity index (χ0) is 18.6. The topological polar surface area (TPSA) is 75.2 Å². The Morgan fingerprint density at radius 3 is 2.85 bits per heavy atom. The van der Waals surface area contributed by atoms with Crippen molar-refractivity contribution in [2.45, 2.75) is 44.9 Å². The molecule has 1 aliphatic heterocycles. The zero-order valence-electron chi connectivity index (χ0n) is 15.3. The van der Waals surface area contributed by atoms with E-state index >= 15 is 0 Å². The number of hydrogen-bond acceptors (Lipinski definition) is 5. The summed E-state index contributed by atoms with van der Waals surface area (Å²) in [4.78, 5) is 27.1. The van der Waals surface area contributed by atoms with E-state index in [-0.39, 0.29) is 17.7 Å². The number of likely N-dealkylation sites (tertiary alicyclic amines) is 1. The van der Waals surface area contributed by atoms with Gasteiger partial charge in [0, 0.05) is 13.1 Å². The van der Waals surface area contributed by atoms with E-state index in [0.717, 1.165) is 37.8 Å². The lowest BCUT2D eigenvalue weighted by Gasteiger charge is -2.32. The van der Waals surface area contributed by atoms with E-state index in [1.54, 1.807) is 5.51 Å². The van der Waals surface area contributed by atoms with E-state index in [1.807, 2.05) is 4.90 Å². The molecule has 1 unspecified atom stereocenters. The Labute approximate surface area is 163 Å². The lowest BCUT2D eigenvalue weighted by molar-refractivity contribution is -0.133. The highest BCUT2D eigenvalue weighted by atomic mass is 32.1. The molecule has 2 aromatic rings. The Balaban J connectivity index is 1.36. The number of aryl methyl sites for hydroxylation is 2. The second-order valence-electron chi connectivity index (χ2n) is 7.40. The molecule has 4 rings (SSSR count). The van der Waals surface area contributed by atoms with Crippen LogP contribution in [0.1, 0.15) is 42.4 Å². The normalized spacial score (nSPS) is 19.4. The maximum absolute atomic E-state index is 12.8. The summed E-state index contributed by atoms with van der Waals surface area (Å²) in [7, 11) is 0. The molecule has 7 heteroatoms. The van der Waals surface area contributed by atoms with Crippen LogP contribution in [0, 0.1) is 5.92 Å². The van der Waals surface area contributed by atoms with Crippen LogP contribution < -0.4 is 5.32 Å². The number of nitrogens with one attached hydrogen (secondary N) is 1. The van der Waals surface area contributed by atoms with E-state index in [4.69, 9.17) is 0 Å². The number of nitrogens with zero attached hydrogens (tertiary/aromatic N) is 3. The van der Waals surface area contributed by atoms with Crippen LogP contribution in [-0.2, 0) is 28.9 Å². The lowest BCUT2D eigenvalue weighted by Crippen LogP contribution is -2.44. The molecule has 0 spiro atoms. The highest BCUT2D eigenvalue weighted by molar-refractivity contribution is 7.13. The van der Waals surface area contributed by atoms with Crippen LogP contribution in [0.25, 0.3) is 0 Å². The minimum Gasteiger partial charge on any atom is -0.342 e. The molecular weight excluding hydrogens is 360 g/mol. The Bertz CT molecular complexity index is 821. The van der Waals surface area contributed by atoms with Crippen molar-refractivity contribution in [1.82, 2.24) is 15.1 Å². The molecule has 0 bridgehead atoms. The van der Waals surface area contributed by atoms with Gasteiger partial charge in [0.15, 0.2) is 0 Å². The first kappa shape index (κ1) is 18.1. The van der Waals surface area contributed by atoms with Gasteiger partial charge in [0.1, 0.15) is 5.51 Å². The minimum atomic E-state index is -0.185. The van der Waals surface area contributed by atoms with Crippen LogP contribution in [0.3, 0.4) is 0 Å². The molecule has 6 nitrogen and oxygen atoms in total. The number of benzene rings is 1. The summed E-state index contributed by atoms with van der Waals surface area (Å²) < 4.78 is 0. The highest BCUT2D eigenvalue weighted by Crippen LogP contribution is 2.24. The van der Waals surface area contributed by atoms with Crippen molar-refractivity contribution in [3.8, 4) is 0 Å². The van der Waals surface area contributed by atoms with Crippen LogP contribution >= 0.6 is 11.3 Å². The van der Waals surface area contributed by atoms with Gasteiger partial charge in [-0.2, -0.15) is 0 Å². The predicted octanol–water partition coefficient (Wildman–Crippen LogP) is 2.84. The first-order valence-corrected chi connectivity index (χ1v) is 10.5. The van der Waals surface area contributed by atoms with Crippen molar-refractivity contribution in [2.24, 2.45) is 5.92 Å². The van der Waals surface area contributed by atoms with Gasteiger partial charge in [0.05, 0.1) is 12.3 Å². The number of carbonyl (C=O) groups is 2. The Morgan fingerprint density at radius 1 is 1.19 bits per heavy atom. The number of fused-ring (bicyclic) bond motifs is 1. The molecule has 1 saturated heterocycles. The van der Waals surface area contributed by atoms with E-state index in [2.05, 4.69) is 33.7 Å². The summed E-state index contributed by atoms with van der Waals surface area (Å²) in [6.07, 6.45) is 6.84. The average Bonchev–Trinajstić information content (AvgIpc) is 3.21. The maximum Gasteiger partial charge on any atom is 0.231 e. The summed E-state index contributed by atoms with van der Waals surface area (Å²) in [5.41, 5.74) is 5.51. The minimum absolute atomic E-state index is 0.0713. The second kappa shape index (κ2) is 8.17. The fourth-order valence-corrected chi connectivity index (χ4v) is 4.48. The number of rotatable bonds is 4. The van der Waals surface area contributed by atoms with Crippen LogP contribution in [0.2, 0.25) is 0 Å². The molecule has 2 heterocycles. The van der Waals surface area contributed by atoms with Crippen LogP contribution in [0.4, 0.5) is 5.13 Å². The van der Waals surface area contributed by atoms with Gasteiger partial charge in [-0.05, 0) is 55.2 Å². The fraction of sp³-hybridized carbons (Fsp3) is 0.500. The molecule has 1 aromatic heterocycles. The van der Waals surface area contributed by atoms with Gasteiger partial charge < -0.3 is 10.2 Å². The van der Waals surface area contributed by atoms with Gasteiger partial charge in [-0.1, -0.05) is 29.5 Å². The molecule has 0 saturated carbocycles. The third kappa shape index (κ3) is 4.35. The number of piperidine rings is 1. The molecule has 1 fully saturated rings. The predicted molar refractivity (Wildman–Crippen MR) is 105 cm³/mol. The van der Waals surface area contributed by atoms with Gasteiger partial charge >= 0.3 is 0 Å². The Morgan fingerprint density at radius 2 is 2.04 bits per heavy atom. The summed E-state index contributed by atoms with van der Waals surface area (Å²) >= 11 is 1.30. The molecule has 1 aliphatic carbocycles. The first-order valence-electron chi connectivity index (χ1n) is 9.64. The molecule has 142 valence electrons. The van der Waals surface area contributed by atoms with Crippen molar-refractivity contribution < 1.29 is 9.59 Å². The third-order valence-corrected chi connectivity index (χ3v) is 6.11. The average molecular weight is 385 g/mol. The molecule has 2 amide bonds. The van der Waals surface area contributed by atoms with Gasteiger partial charge in [0.2, 0.25) is 16.9 Å². The van der Waals surface area contributed by atoms with E-state index in [9.17, 15) is 9.59 Å². The largest absolute Gasteiger partial charge is 0.342 e. The van der Waals surface area contributed by atoms with Gasteiger partial charge in [0.25, 0.3) is 0 Å². The number of amides is 2. The SMILES string of the molecule is O=C(Nc1nncs1)C1CCCN(C(=O)Cc2ccc3c(c2)CCCC3)C1. The molecular formula is C20H24N4O2S. The Hall–Kier alpha value is -2.28. The number of hydrogen-bond donors (Lipinski definition) is 1. The number of aromatic nitrogens is 2. The van der Waals surface area contributed by atoms with Crippen molar-refractivity contribution >= 4 is 28.3 Å². The Kier molecular flexibility index (Phi) is 5.48. The lowest BCUT2D eigenvalue weighted by atomic mass is 9.89. The number of anilines is 1. The van der Waals surface area contributed by atoms with Crippen LogP contribution in [0.5, 0.6) is 0 Å². The summed E-state index contributed by atoms with van der Waals surface area (Å²) in [5, 5.41) is 10.9. The molecule has 0 radical (unpaired) electrons. The smallest absolute Gasteiger partial charge is 0.231 e. The van der Waals surface area contributed by atoms with Crippen molar-refractivity contribution in [3.63, 3.8) is 0 Å². The first-order chi connectivity index (χ1) is 13.2. The van der Waals surface area contributed by atoms with Gasteiger partial charge in [-0.3, -0.25) is 9.59 Å². The van der Waals surface area contributed by atoms with Crippen LogP contribution in [-0.4, -0.2) is 40.0 Å². The second-order valence-corrected chi connectivity index (χ2v) is 8.23. The summed E-state index contributed by atoms with van der Waals surface area (Å²) in [6, 6.07) is 6.48. The standard InChI is InChI=1S/C20H24N4O2S/c25-18(11-14-7-8-15-4-1-2-5-16(15)10-14)24-9-3-6-17(12-24)19(26)22-20-23-21-13-27-20/h7-8,10,13,17H,1-6,9,11-12H2,(H,22,23,26). The maximum atomic E-state index is 12.8. The molecule has 1 atom stereocenters. The van der Waals surface area contributed by atoms with Crippen molar-refractivity contribution in [3.05, 3.63) is 40.4 Å². The van der Waals surface area contributed by atoms with E-state index in [1.165, 1.54) is 35.3 Å². The third-order valence-electron chi connectivity index (χ3n) is 5.50. The van der Waals surface area contributed by atoms with Crippen molar-refractivity contribution in [1.29, 1.82) is 0 Å². The molecule has 27 heavy (non-hydrogen) atoms. The summed E-state index contributed by atoms with van der Waals surface area (Å²) in [5.74, 6) is -0.146. The van der Waals surface area contributed by atoms with E-state index < -0.39 is 0 Å². The molecule has 1 aromatic carbocycles. The number of carbonyl (C=O) groups excluding carboxylic acids is 2. The van der Waals surface area contributed by atoms with Crippen molar-refractivity contribution in [2.75, 3.05) is 18.4 Å². The zero-order valence-corrected chi connectivity index (χ0v) is 16.1. The molecule has 2 aliphatic rings. The van der Waals surface area contributed by atoms with Gasteiger partial charge in [-0.25, -0.2) is 0 Å². The van der Waals surface area contributed by atoms with Crippen LogP contribution in [0.15, 0.2) is 23.7 Å². The molecule has 1 N–H and O–H groups in total. The highest BCUT2D eigenvalue weighted by Gasteiger charge is 2.29.